The molecule has 0 amide bonds. The highest BCUT2D eigenvalue weighted by Gasteiger charge is 2.17. The average molecular weight is 310 g/mol. The number of aliphatic hydroxyl groups excluding tert-OH is 1. The van der Waals surface area contributed by atoms with Crippen LogP contribution in [0.3, 0.4) is 0 Å². The summed E-state index contributed by atoms with van der Waals surface area (Å²) in [5.41, 5.74) is 1.96. The van der Waals surface area contributed by atoms with Crippen molar-refractivity contribution in [3.63, 3.8) is 0 Å². The zero-order chi connectivity index (χ0) is 15.6. The lowest BCUT2D eigenvalue weighted by Gasteiger charge is -2.20. The second-order valence-electron chi connectivity index (χ2n) is 5.74. The van der Waals surface area contributed by atoms with Gasteiger partial charge >= 0.3 is 0 Å². The Morgan fingerprint density at radius 1 is 1.38 bits per heavy atom. The second-order valence-corrected chi connectivity index (χ2v) is 6.18. The summed E-state index contributed by atoms with van der Waals surface area (Å²) in [7, 11) is 2.00. The molecule has 21 heavy (non-hydrogen) atoms. The molecule has 0 saturated carbocycles. The van der Waals surface area contributed by atoms with E-state index < -0.39 is 0 Å². The molecule has 1 aromatic carbocycles. The standard InChI is InChI=1S/C16H24ClN3O/c1-5-10(2)15(21)9-18-11(3)16-19-13-8-12(17)6-7-14(13)20(16)4/h6-8,10-11,15,18,21H,5,9H2,1-4H3. The number of fused-ring (bicyclic) bond motifs is 1. The summed E-state index contributed by atoms with van der Waals surface area (Å²) in [5.74, 6) is 1.24. The molecule has 0 fully saturated rings. The van der Waals surface area contributed by atoms with Gasteiger partial charge in [-0.25, -0.2) is 4.98 Å². The first kappa shape index (κ1) is 16.3. The Labute approximate surface area is 131 Å². The average Bonchev–Trinajstić information content (AvgIpc) is 2.79. The van der Waals surface area contributed by atoms with Crippen LogP contribution in [0.15, 0.2) is 18.2 Å². The number of nitrogens with one attached hydrogen (secondary N) is 1. The predicted octanol–water partition coefficient (Wildman–Crippen LogP) is 3.28. The number of aromatic nitrogens is 2. The van der Waals surface area contributed by atoms with Gasteiger partial charge in [0.15, 0.2) is 0 Å². The number of hydrogen-bond acceptors (Lipinski definition) is 3. The molecule has 3 atom stereocenters. The van der Waals surface area contributed by atoms with E-state index in [1.807, 2.05) is 25.2 Å². The van der Waals surface area contributed by atoms with Crippen molar-refractivity contribution < 1.29 is 5.11 Å². The Balaban J connectivity index is 2.12. The first-order valence-electron chi connectivity index (χ1n) is 7.47. The van der Waals surface area contributed by atoms with Crippen LogP contribution >= 0.6 is 11.6 Å². The third kappa shape index (κ3) is 3.57. The molecule has 116 valence electrons. The molecule has 0 aliphatic heterocycles. The number of halogens is 1. The van der Waals surface area contributed by atoms with Gasteiger partial charge in [0.25, 0.3) is 0 Å². The number of aryl methyl sites for hydroxylation is 1. The minimum atomic E-state index is -0.332. The van der Waals surface area contributed by atoms with E-state index in [9.17, 15) is 5.11 Å². The number of hydrogen-bond donors (Lipinski definition) is 2. The monoisotopic (exact) mass is 309 g/mol. The lowest BCUT2D eigenvalue weighted by molar-refractivity contribution is 0.110. The molecular formula is C16H24ClN3O. The number of imidazole rings is 1. The summed E-state index contributed by atoms with van der Waals surface area (Å²) in [4.78, 5) is 4.65. The molecule has 0 saturated heterocycles. The summed E-state index contributed by atoms with van der Waals surface area (Å²) in [6.45, 7) is 6.78. The van der Waals surface area contributed by atoms with Gasteiger partial charge in [0.05, 0.1) is 23.2 Å². The van der Waals surface area contributed by atoms with Crippen LogP contribution in [0.1, 0.15) is 39.1 Å². The topological polar surface area (TPSA) is 50.1 Å². The summed E-state index contributed by atoms with van der Waals surface area (Å²) >= 11 is 6.02. The van der Waals surface area contributed by atoms with Crippen molar-refractivity contribution >= 4 is 22.6 Å². The molecule has 1 aromatic heterocycles. The zero-order valence-corrected chi connectivity index (χ0v) is 13.9. The van der Waals surface area contributed by atoms with Crippen molar-refractivity contribution in [2.24, 2.45) is 13.0 Å². The lowest BCUT2D eigenvalue weighted by atomic mass is 10.0. The van der Waals surface area contributed by atoms with Crippen molar-refractivity contribution in [3.05, 3.63) is 29.0 Å². The summed E-state index contributed by atoms with van der Waals surface area (Å²) in [6.07, 6.45) is 0.642. The second kappa shape index (κ2) is 6.77. The van der Waals surface area contributed by atoms with Crippen molar-refractivity contribution in [1.29, 1.82) is 0 Å². The van der Waals surface area contributed by atoms with E-state index in [1.54, 1.807) is 0 Å². The zero-order valence-electron chi connectivity index (χ0n) is 13.1. The molecule has 0 spiro atoms. The number of rotatable bonds is 6. The van der Waals surface area contributed by atoms with Gasteiger partial charge in [-0.15, -0.1) is 0 Å². The molecule has 0 aliphatic carbocycles. The van der Waals surface area contributed by atoms with Crippen molar-refractivity contribution in [2.75, 3.05) is 6.54 Å². The van der Waals surface area contributed by atoms with Gasteiger partial charge in [0.2, 0.25) is 0 Å². The first-order chi connectivity index (χ1) is 9.93. The normalized spacial score (nSPS) is 16.1. The van der Waals surface area contributed by atoms with Gasteiger partial charge < -0.3 is 15.0 Å². The van der Waals surface area contributed by atoms with Crippen LogP contribution in [-0.4, -0.2) is 27.3 Å². The first-order valence-corrected chi connectivity index (χ1v) is 7.85. The maximum absolute atomic E-state index is 10.1. The number of benzene rings is 1. The van der Waals surface area contributed by atoms with Gasteiger partial charge in [-0.05, 0) is 31.0 Å². The maximum atomic E-state index is 10.1. The van der Waals surface area contributed by atoms with Crippen molar-refractivity contribution in [2.45, 2.75) is 39.3 Å². The largest absolute Gasteiger partial charge is 0.392 e. The quantitative estimate of drug-likeness (QED) is 0.861. The molecule has 0 aliphatic rings. The molecular weight excluding hydrogens is 286 g/mol. The summed E-state index contributed by atoms with van der Waals surface area (Å²) in [6, 6.07) is 5.80. The smallest absolute Gasteiger partial charge is 0.126 e. The summed E-state index contributed by atoms with van der Waals surface area (Å²) in [5, 5.41) is 14.1. The molecule has 1 heterocycles. The van der Waals surface area contributed by atoms with E-state index in [4.69, 9.17) is 11.6 Å². The maximum Gasteiger partial charge on any atom is 0.126 e. The molecule has 2 rings (SSSR count). The Bertz CT molecular complexity index is 611. The van der Waals surface area contributed by atoms with Crippen LogP contribution in [0.25, 0.3) is 11.0 Å². The van der Waals surface area contributed by atoms with Crippen molar-refractivity contribution in [1.82, 2.24) is 14.9 Å². The molecule has 2 aromatic rings. The van der Waals surface area contributed by atoms with Crippen LogP contribution < -0.4 is 5.32 Å². The van der Waals surface area contributed by atoms with E-state index in [2.05, 4.69) is 35.6 Å². The summed E-state index contributed by atoms with van der Waals surface area (Å²) < 4.78 is 2.07. The SMILES string of the molecule is CCC(C)C(O)CNC(C)c1nc2cc(Cl)ccc2n1C. The minimum Gasteiger partial charge on any atom is -0.392 e. The predicted molar refractivity (Wildman–Crippen MR) is 87.6 cm³/mol. The fourth-order valence-electron chi connectivity index (χ4n) is 2.44. The third-order valence-corrected chi connectivity index (χ3v) is 4.43. The number of aliphatic hydroxyl groups is 1. The molecule has 3 unspecified atom stereocenters. The highest BCUT2D eigenvalue weighted by molar-refractivity contribution is 6.31. The van der Waals surface area contributed by atoms with Crippen LogP contribution in [-0.2, 0) is 7.05 Å². The van der Waals surface area contributed by atoms with Gasteiger partial charge in [-0.3, -0.25) is 0 Å². The van der Waals surface area contributed by atoms with Gasteiger partial charge in [0.1, 0.15) is 5.82 Å². The van der Waals surface area contributed by atoms with Crippen molar-refractivity contribution in [3.8, 4) is 0 Å². The fourth-order valence-corrected chi connectivity index (χ4v) is 2.61. The Morgan fingerprint density at radius 3 is 2.76 bits per heavy atom. The minimum absolute atomic E-state index is 0.0693. The lowest BCUT2D eigenvalue weighted by Crippen LogP contribution is -2.33. The van der Waals surface area contributed by atoms with E-state index in [1.165, 1.54) is 0 Å². The van der Waals surface area contributed by atoms with Gasteiger partial charge in [0, 0.05) is 18.6 Å². The van der Waals surface area contributed by atoms with Crippen LogP contribution in [0.4, 0.5) is 0 Å². The highest BCUT2D eigenvalue weighted by Crippen LogP contribution is 2.22. The highest BCUT2D eigenvalue weighted by atomic mass is 35.5. The van der Waals surface area contributed by atoms with Gasteiger partial charge in [-0.2, -0.15) is 0 Å². The number of nitrogens with zero attached hydrogens (tertiary/aromatic N) is 2. The molecule has 4 nitrogen and oxygen atoms in total. The molecule has 0 radical (unpaired) electrons. The Morgan fingerprint density at radius 2 is 2.10 bits per heavy atom. The van der Waals surface area contributed by atoms with Crippen LogP contribution in [0.5, 0.6) is 0 Å². The van der Waals surface area contributed by atoms with E-state index in [-0.39, 0.29) is 12.1 Å². The van der Waals surface area contributed by atoms with E-state index in [0.717, 1.165) is 23.3 Å². The third-order valence-electron chi connectivity index (χ3n) is 4.20. The molecule has 5 heteroatoms. The van der Waals surface area contributed by atoms with Crippen LogP contribution in [0.2, 0.25) is 5.02 Å². The van der Waals surface area contributed by atoms with Gasteiger partial charge in [-0.1, -0.05) is 31.9 Å². The fraction of sp³-hybridized carbons (Fsp3) is 0.562. The Hall–Kier alpha value is -1.10. The van der Waals surface area contributed by atoms with Crippen LogP contribution in [0, 0.1) is 5.92 Å². The van der Waals surface area contributed by atoms with E-state index >= 15 is 0 Å². The van der Waals surface area contributed by atoms with E-state index in [0.29, 0.717) is 17.5 Å². The Kier molecular flexibility index (Phi) is 5.25. The molecule has 0 bridgehead atoms. The molecule has 2 N–H and O–H groups in total.